The zero-order valence-corrected chi connectivity index (χ0v) is 9.87. The molecule has 4 heteroatoms. The third-order valence-corrected chi connectivity index (χ3v) is 2.93. The van der Waals surface area contributed by atoms with E-state index in [9.17, 15) is 5.11 Å². The Kier molecular flexibility index (Phi) is 2.57. The van der Waals surface area contributed by atoms with Crippen LogP contribution in [0.2, 0.25) is 0 Å². The van der Waals surface area contributed by atoms with Crippen LogP contribution in [-0.4, -0.2) is 15.1 Å². The molecule has 0 aliphatic rings. The van der Waals surface area contributed by atoms with Crippen LogP contribution in [0.15, 0.2) is 47.4 Å². The fraction of sp³-hybridized carbons (Fsp3) is 0.143. The van der Waals surface area contributed by atoms with Crippen LogP contribution in [0.4, 0.5) is 0 Å². The van der Waals surface area contributed by atoms with E-state index in [0.29, 0.717) is 11.3 Å². The fourth-order valence-electron chi connectivity index (χ4n) is 1.98. The summed E-state index contributed by atoms with van der Waals surface area (Å²) in [6.45, 7) is 1.98. The van der Waals surface area contributed by atoms with Gasteiger partial charge in [-0.15, -0.1) is 0 Å². The van der Waals surface area contributed by atoms with Crippen molar-refractivity contribution in [3.8, 4) is 0 Å². The number of rotatable bonds is 2. The predicted molar refractivity (Wildman–Crippen MR) is 67.0 cm³/mol. The van der Waals surface area contributed by atoms with Crippen molar-refractivity contribution in [3.63, 3.8) is 0 Å². The minimum atomic E-state index is -0.835. The summed E-state index contributed by atoms with van der Waals surface area (Å²) < 4.78 is 5.71. The number of aliphatic hydroxyl groups is 1. The molecule has 0 aliphatic heterocycles. The fourth-order valence-corrected chi connectivity index (χ4v) is 1.98. The summed E-state index contributed by atoms with van der Waals surface area (Å²) in [5.41, 5.74) is 2.48. The van der Waals surface area contributed by atoms with Crippen LogP contribution >= 0.6 is 0 Å². The van der Waals surface area contributed by atoms with Gasteiger partial charge in [-0.1, -0.05) is 18.2 Å². The number of hydrogen-bond acceptors (Lipinski definition) is 4. The number of aromatic nitrogens is 2. The van der Waals surface area contributed by atoms with Gasteiger partial charge in [0.2, 0.25) is 0 Å². The highest BCUT2D eigenvalue weighted by molar-refractivity contribution is 5.81. The molecule has 0 saturated heterocycles. The highest BCUT2D eigenvalue weighted by Gasteiger charge is 2.16. The Morgan fingerprint density at radius 1 is 1.22 bits per heavy atom. The van der Waals surface area contributed by atoms with E-state index in [1.807, 2.05) is 31.2 Å². The van der Waals surface area contributed by atoms with Gasteiger partial charge in [-0.25, -0.2) is 9.97 Å². The maximum atomic E-state index is 10.2. The number of aliphatic hydroxyl groups excluding tert-OH is 1. The van der Waals surface area contributed by atoms with Gasteiger partial charge in [-0.3, -0.25) is 0 Å². The van der Waals surface area contributed by atoms with Crippen molar-refractivity contribution in [2.45, 2.75) is 13.0 Å². The summed E-state index contributed by atoms with van der Waals surface area (Å²) >= 11 is 0. The molecule has 4 nitrogen and oxygen atoms in total. The molecule has 0 amide bonds. The number of fused-ring (bicyclic) bond motifs is 1. The van der Waals surface area contributed by atoms with Crippen LogP contribution in [-0.2, 0) is 0 Å². The SMILES string of the molecule is Cc1cccc2cc(C(O)c3cncnc3)oc12. The lowest BCUT2D eigenvalue weighted by Crippen LogP contribution is -1.98. The molecule has 2 heterocycles. The third-order valence-electron chi connectivity index (χ3n) is 2.93. The maximum Gasteiger partial charge on any atom is 0.140 e. The van der Waals surface area contributed by atoms with Gasteiger partial charge in [0, 0.05) is 23.3 Å². The Morgan fingerprint density at radius 3 is 2.72 bits per heavy atom. The number of benzene rings is 1. The summed E-state index contributed by atoms with van der Waals surface area (Å²) in [5, 5.41) is 11.2. The van der Waals surface area contributed by atoms with Crippen molar-refractivity contribution >= 4 is 11.0 Å². The molecule has 2 aromatic heterocycles. The highest BCUT2D eigenvalue weighted by Crippen LogP contribution is 2.29. The van der Waals surface area contributed by atoms with Crippen molar-refractivity contribution in [1.82, 2.24) is 9.97 Å². The number of hydrogen-bond donors (Lipinski definition) is 1. The predicted octanol–water partition coefficient (Wildman–Crippen LogP) is 2.61. The third kappa shape index (κ3) is 1.76. The topological polar surface area (TPSA) is 59.2 Å². The van der Waals surface area contributed by atoms with Gasteiger partial charge in [-0.2, -0.15) is 0 Å². The lowest BCUT2D eigenvalue weighted by Gasteiger charge is -2.05. The van der Waals surface area contributed by atoms with Crippen molar-refractivity contribution in [2.75, 3.05) is 0 Å². The van der Waals surface area contributed by atoms with Crippen LogP contribution in [0.3, 0.4) is 0 Å². The number of nitrogens with zero attached hydrogens (tertiary/aromatic N) is 2. The second-order valence-corrected chi connectivity index (χ2v) is 4.22. The van der Waals surface area contributed by atoms with Gasteiger partial charge < -0.3 is 9.52 Å². The number of furan rings is 1. The zero-order valence-electron chi connectivity index (χ0n) is 9.87. The quantitative estimate of drug-likeness (QED) is 0.748. The summed E-state index contributed by atoms with van der Waals surface area (Å²) in [6, 6.07) is 7.76. The molecule has 0 spiro atoms. The first-order valence-corrected chi connectivity index (χ1v) is 5.68. The Hall–Kier alpha value is -2.20. The minimum Gasteiger partial charge on any atom is -0.458 e. The van der Waals surface area contributed by atoms with Crippen molar-refractivity contribution < 1.29 is 9.52 Å². The van der Waals surface area contributed by atoms with Crippen LogP contribution in [0.1, 0.15) is 23.0 Å². The van der Waals surface area contributed by atoms with Gasteiger partial charge in [0.25, 0.3) is 0 Å². The monoisotopic (exact) mass is 240 g/mol. The van der Waals surface area contributed by atoms with Gasteiger partial charge >= 0.3 is 0 Å². The first kappa shape index (κ1) is 10.9. The molecule has 0 aliphatic carbocycles. The van der Waals surface area contributed by atoms with E-state index in [4.69, 9.17) is 4.42 Å². The average molecular weight is 240 g/mol. The molecule has 0 fully saturated rings. The molecule has 0 radical (unpaired) electrons. The molecular formula is C14H12N2O2. The van der Waals surface area contributed by atoms with Crippen molar-refractivity contribution in [3.05, 3.63) is 59.9 Å². The summed E-state index contributed by atoms with van der Waals surface area (Å²) in [5.74, 6) is 0.508. The normalized spacial score (nSPS) is 12.8. The average Bonchev–Trinajstić information content (AvgIpc) is 2.84. The molecule has 90 valence electrons. The van der Waals surface area contributed by atoms with Gasteiger partial charge in [0.15, 0.2) is 0 Å². The van der Waals surface area contributed by atoms with Crippen LogP contribution in [0.25, 0.3) is 11.0 Å². The molecule has 1 N–H and O–H groups in total. The second-order valence-electron chi connectivity index (χ2n) is 4.22. The van der Waals surface area contributed by atoms with E-state index in [1.54, 1.807) is 12.4 Å². The standard InChI is InChI=1S/C14H12N2O2/c1-9-3-2-4-10-5-12(18-14(9)10)13(17)11-6-15-8-16-7-11/h2-8,13,17H,1H3. The zero-order chi connectivity index (χ0) is 12.5. The Labute approximate surface area is 104 Å². The van der Waals surface area contributed by atoms with Crippen LogP contribution in [0.5, 0.6) is 0 Å². The molecule has 1 atom stereocenters. The second kappa shape index (κ2) is 4.23. The van der Waals surface area contributed by atoms with E-state index in [1.165, 1.54) is 6.33 Å². The van der Waals surface area contributed by atoms with Crippen LogP contribution in [0, 0.1) is 6.92 Å². The maximum absolute atomic E-state index is 10.2. The molecule has 18 heavy (non-hydrogen) atoms. The first-order valence-electron chi connectivity index (χ1n) is 5.68. The molecule has 3 aromatic rings. The van der Waals surface area contributed by atoms with Crippen LogP contribution < -0.4 is 0 Å². The molecule has 1 unspecified atom stereocenters. The van der Waals surface area contributed by atoms with E-state index in [-0.39, 0.29) is 0 Å². The lowest BCUT2D eigenvalue weighted by molar-refractivity contribution is 0.191. The summed E-state index contributed by atoms with van der Waals surface area (Å²) in [7, 11) is 0. The Bertz CT molecular complexity index is 677. The lowest BCUT2D eigenvalue weighted by atomic mass is 10.1. The van der Waals surface area contributed by atoms with E-state index >= 15 is 0 Å². The molecule has 3 rings (SSSR count). The number of para-hydroxylation sites is 1. The van der Waals surface area contributed by atoms with Crippen molar-refractivity contribution in [2.24, 2.45) is 0 Å². The van der Waals surface area contributed by atoms with Gasteiger partial charge in [0.1, 0.15) is 23.8 Å². The van der Waals surface area contributed by atoms with Crippen molar-refractivity contribution in [1.29, 1.82) is 0 Å². The smallest absolute Gasteiger partial charge is 0.140 e. The van der Waals surface area contributed by atoms with E-state index < -0.39 is 6.10 Å². The van der Waals surface area contributed by atoms with Gasteiger partial charge in [-0.05, 0) is 18.6 Å². The molecular weight excluding hydrogens is 228 g/mol. The van der Waals surface area contributed by atoms with E-state index in [0.717, 1.165) is 16.5 Å². The minimum absolute atomic E-state index is 0.508. The summed E-state index contributed by atoms with van der Waals surface area (Å²) in [6.07, 6.45) is 3.76. The first-order chi connectivity index (χ1) is 8.75. The Balaban J connectivity index is 2.07. The largest absolute Gasteiger partial charge is 0.458 e. The highest BCUT2D eigenvalue weighted by atomic mass is 16.4. The summed E-state index contributed by atoms with van der Waals surface area (Å²) in [4.78, 5) is 7.78. The molecule has 0 bridgehead atoms. The van der Waals surface area contributed by atoms with E-state index in [2.05, 4.69) is 9.97 Å². The van der Waals surface area contributed by atoms with Gasteiger partial charge in [0.05, 0.1) is 0 Å². The Morgan fingerprint density at radius 2 is 2.00 bits per heavy atom. The molecule has 0 saturated carbocycles. The molecule has 1 aromatic carbocycles. The number of aryl methyl sites for hydroxylation is 1.